The molecule has 4 nitrogen and oxygen atoms in total. The number of ether oxygens (including phenoxy) is 1. The van der Waals surface area contributed by atoms with Gasteiger partial charge in [0, 0.05) is 24.7 Å². The largest absolute Gasteiger partial charge is 0.371 e. The Bertz CT molecular complexity index is 331. The fourth-order valence-corrected chi connectivity index (χ4v) is 2.56. The second-order valence-corrected chi connectivity index (χ2v) is 4.74. The summed E-state index contributed by atoms with van der Waals surface area (Å²) < 4.78 is 8.69. The van der Waals surface area contributed by atoms with Crippen LogP contribution in [-0.2, 0) is 4.74 Å². The van der Waals surface area contributed by atoms with Crippen molar-refractivity contribution in [1.82, 2.24) is 15.1 Å². The van der Waals surface area contributed by atoms with Crippen molar-refractivity contribution in [2.24, 2.45) is 0 Å². The van der Waals surface area contributed by atoms with Crippen LogP contribution in [0.25, 0.3) is 0 Å². The van der Waals surface area contributed by atoms with Crippen LogP contribution < -0.4 is 5.32 Å². The van der Waals surface area contributed by atoms with Crippen molar-refractivity contribution in [1.29, 1.82) is 0 Å². The first-order valence-corrected chi connectivity index (χ1v) is 6.04. The lowest BCUT2D eigenvalue weighted by Crippen LogP contribution is -2.33. The number of hydrogen-bond acceptors (Lipinski definition) is 3. The van der Waals surface area contributed by atoms with Crippen LogP contribution >= 0.6 is 15.9 Å². The van der Waals surface area contributed by atoms with Gasteiger partial charge < -0.3 is 10.1 Å². The molecule has 1 aliphatic rings. The maximum atomic E-state index is 5.69. The Morgan fingerprint density at radius 2 is 2.47 bits per heavy atom. The number of morpholine rings is 1. The Hall–Kier alpha value is -0.390. The smallest absolute Gasteiger partial charge is 0.110 e. The summed E-state index contributed by atoms with van der Waals surface area (Å²) in [6.45, 7) is 6.79. The summed E-state index contributed by atoms with van der Waals surface area (Å²) in [5.41, 5.74) is 1.14. The highest BCUT2D eigenvalue weighted by Crippen LogP contribution is 2.28. The molecule has 1 N–H and O–H groups in total. The zero-order valence-electron chi connectivity index (χ0n) is 9.03. The van der Waals surface area contributed by atoms with Crippen molar-refractivity contribution in [3.8, 4) is 0 Å². The van der Waals surface area contributed by atoms with Gasteiger partial charge in [0.05, 0.1) is 18.9 Å². The van der Waals surface area contributed by atoms with Crippen LogP contribution in [0.4, 0.5) is 0 Å². The molecule has 0 saturated carbocycles. The molecule has 2 heterocycles. The average Bonchev–Trinajstić information content (AvgIpc) is 2.61. The van der Waals surface area contributed by atoms with Gasteiger partial charge in [-0.25, -0.2) is 0 Å². The molecule has 0 radical (unpaired) electrons. The predicted octanol–water partition coefficient (Wildman–Crippen LogP) is 1.89. The highest BCUT2D eigenvalue weighted by atomic mass is 79.9. The van der Waals surface area contributed by atoms with Crippen LogP contribution in [-0.4, -0.2) is 29.5 Å². The Morgan fingerprint density at radius 3 is 3.00 bits per heavy atom. The second-order valence-electron chi connectivity index (χ2n) is 3.99. The van der Waals surface area contributed by atoms with Crippen LogP contribution in [0.15, 0.2) is 10.8 Å². The number of nitrogens with zero attached hydrogens (tertiary/aromatic N) is 2. The number of rotatable bonds is 2. The molecule has 0 aliphatic carbocycles. The number of aromatic nitrogens is 2. The van der Waals surface area contributed by atoms with Crippen LogP contribution in [0.5, 0.6) is 0 Å². The van der Waals surface area contributed by atoms with Gasteiger partial charge in [-0.1, -0.05) is 0 Å². The molecule has 1 atom stereocenters. The van der Waals surface area contributed by atoms with Gasteiger partial charge >= 0.3 is 0 Å². The highest BCUT2D eigenvalue weighted by Gasteiger charge is 2.21. The topological polar surface area (TPSA) is 39.1 Å². The summed E-state index contributed by atoms with van der Waals surface area (Å²) >= 11 is 3.58. The maximum absolute atomic E-state index is 5.69. The van der Waals surface area contributed by atoms with E-state index in [9.17, 15) is 0 Å². The van der Waals surface area contributed by atoms with E-state index in [0.717, 1.165) is 29.9 Å². The lowest BCUT2D eigenvalue weighted by molar-refractivity contribution is 0.0271. The van der Waals surface area contributed by atoms with Crippen LogP contribution in [0.3, 0.4) is 0 Å². The lowest BCUT2D eigenvalue weighted by Gasteiger charge is -2.23. The van der Waals surface area contributed by atoms with Gasteiger partial charge in [0.15, 0.2) is 0 Å². The summed E-state index contributed by atoms with van der Waals surface area (Å²) in [5.74, 6) is 0. The van der Waals surface area contributed by atoms with Crippen molar-refractivity contribution in [2.45, 2.75) is 26.0 Å². The first-order valence-electron chi connectivity index (χ1n) is 5.25. The maximum Gasteiger partial charge on any atom is 0.110 e. The molecule has 1 aromatic rings. The zero-order valence-corrected chi connectivity index (χ0v) is 10.6. The van der Waals surface area contributed by atoms with E-state index in [4.69, 9.17) is 4.74 Å². The van der Waals surface area contributed by atoms with Crippen molar-refractivity contribution >= 4 is 15.9 Å². The van der Waals surface area contributed by atoms with Gasteiger partial charge in [0.2, 0.25) is 0 Å². The minimum absolute atomic E-state index is 0.126. The summed E-state index contributed by atoms with van der Waals surface area (Å²) in [7, 11) is 0. The Balaban J connectivity index is 2.20. The Morgan fingerprint density at radius 1 is 1.67 bits per heavy atom. The second kappa shape index (κ2) is 4.63. The van der Waals surface area contributed by atoms with E-state index < -0.39 is 0 Å². The van der Waals surface area contributed by atoms with Gasteiger partial charge in [-0.2, -0.15) is 5.10 Å². The van der Waals surface area contributed by atoms with E-state index in [1.807, 2.05) is 10.9 Å². The van der Waals surface area contributed by atoms with Gasteiger partial charge in [-0.15, -0.1) is 0 Å². The normalized spacial score (nSPS) is 22.3. The zero-order chi connectivity index (χ0) is 10.8. The van der Waals surface area contributed by atoms with Gasteiger partial charge in [0.1, 0.15) is 4.60 Å². The molecule has 0 bridgehead atoms. The summed E-state index contributed by atoms with van der Waals surface area (Å²) in [6.07, 6.45) is 2.02. The molecule has 1 fully saturated rings. The fourth-order valence-electron chi connectivity index (χ4n) is 1.70. The quantitative estimate of drug-likeness (QED) is 0.895. The van der Waals surface area contributed by atoms with Gasteiger partial charge in [-0.3, -0.25) is 4.68 Å². The molecule has 1 aliphatic heterocycles. The molecular weight excluding hydrogens is 258 g/mol. The Labute approximate surface area is 98.1 Å². The average molecular weight is 274 g/mol. The van der Waals surface area contributed by atoms with Crippen LogP contribution in [0.1, 0.15) is 31.6 Å². The summed E-state index contributed by atoms with van der Waals surface area (Å²) in [6, 6.07) is 0.365. The van der Waals surface area contributed by atoms with Crippen molar-refractivity contribution in [3.63, 3.8) is 0 Å². The third kappa shape index (κ3) is 2.24. The molecule has 1 unspecified atom stereocenters. The monoisotopic (exact) mass is 273 g/mol. The van der Waals surface area contributed by atoms with Gasteiger partial charge in [0.25, 0.3) is 0 Å². The van der Waals surface area contributed by atoms with E-state index in [1.54, 1.807) is 0 Å². The molecule has 15 heavy (non-hydrogen) atoms. The third-order valence-electron chi connectivity index (χ3n) is 2.52. The highest BCUT2D eigenvalue weighted by molar-refractivity contribution is 9.10. The minimum Gasteiger partial charge on any atom is -0.371 e. The molecule has 0 aromatic carbocycles. The van der Waals surface area contributed by atoms with E-state index in [2.05, 4.69) is 40.2 Å². The first-order chi connectivity index (χ1) is 7.20. The van der Waals surface area contributed by atoms with Crippen molar-refractivity contribution in [2.75, 3.05) is 19.7 Å². The van der Waals surface area contributed by atoms with Gasteiger partial charge in [-0.05, 0) is 29.8 Å². The third-order valence-corrected chi connectivity index (χ3v) is 3.35. The Kier molecular flexibility index (Phi) is 3.43. The summed E-state index contributed by atoms with van der Waals surface area (Å²) in [5, 5.41) is 7.67. The lowest BCUT2D eigenvalue weighted by atomic mass is 10.2. The number of nitrogens with one attached hydrogen (secondary N) is 1. The SMILES string of the molecule is CC(C)n1ncc(C2CNCCO2)c1Br. The molecule has 5 heteroatoms. The van der Waals surface area contributed by atoms with Crippen molar-refractivity contribution in [3.05, 3.63) is 16.4 Å². The molecule has 84 valence electrons. The molecule has 0 spiro atoms. The van der Waals surface area contributed by atoms with E-state index in [1.165, 1.54) is 0 Å². The van der Waals surface area contributed by atoms with E-state index >= 15 is 0 Å². The molecule has 1 saturated heterocycles. The van der Waals surface area contributed by atoms with E-state index in [0.29, 0.717) is 6.04 Å². The van der Waals surface area contributed by atoms with Crippen molar-refractivity contribution < 1.29 is 4.74 Å². The summed E-state index contributed by atoms with van der Waals surface area (Å²) in [4.78, 5) is 0. The van der Waals surface area contributed by atoms with E-state index in [-0.39, 0.29) is 6.10 Å². The molecule has 2 rings (SSSR count). The van der Waals surface area contributed by atoms with Crippen LogP contribution in [0, 0.1) is 0 Å². The predicted molar refractivity (Wildman–Crippen MR) is 61.9 cm³/mol. The molecular formula is C10H16BrN3O. The standard InChI is InChI=1S/C10H16BrN3O/c1-7(2)14-10(11)8(5-13-14)9-6-12-3-4-15-9/h5,7,9,12H,3-4,6H2,1-2H3. The number of hydrogen-bond donors (Lipinski definition) is 1. The molecule has 0 amide bonds. The first kappa shape index (κ1) is 11.1. The molecule has 1 aromatic heterocycles. The minimum atomic E-state index is 0.126. The number of halogens is 1. The fraction of sp³-hybridized carbons (Fsp3) is 0.700. The van der Waals surface area contributed by atoms with Crippen LogP contribution in [0.2, 0.25) is 0 Å².